The number of nitrogen functional groups attached to an aromatic ring is 1. The van der Waals surface area contributed by atoms with Crippen LogP contribution < -0.4 is 17.0 Å². The molecule has 1 rings (SSSR count). The van der Waals surface area contributed by atoms with Gasteiger partial charge < -0.3 is 5.73 Å². The molecule has 0 radical (unpaired) electrons. The van der Waals surface area contributed by atoms with Gasteiger partial charge in [0.05, 0.1) is 5.56 Å². The second kappa shape index (κ2) is 3.08. The Morgan fingerprint density at radius 1 is 1.23 bits per heavy atom. The van der Waals surface area contributed by atoms with Crippen LogP contribution in [0.4, 0.5) is 5.82 Å². The fourth-order valence-corrected chi connectivity index (χ4v) is 1.26. The van der Waals surface area contributed by atoms with Crippen molar-refractivity contribution in [3.05, 3.63) is 26.4 Å². The quantitative estimate of drug-likeness (QED) is 0.621. The number of nitrogens with zero attached hydrogens (tertiary/aromatic N) is 2. The minimum Gasteiger partial charge on any atom is -0.385 e. The summed E-state index contributed by atoms with van der Waals surface area (Å²) in [5.41, 5.74) is 5.41. The SMILES string of the molecule is CCc1c(N)n(C)c(=O)n(C)c1=O. The highest BCUT2D eigenvalue weighted by molar-refractivity contribution is 5.38. The molecule has 0 aromatic carbocycles. The number of anilines is 1. The van der Waals surface area contributed by atoms with Crippen molar-refractivity contribution >= 4 is 5.82 Å². The normalized spacial score (nSPS) is 10.4. The largest absolute Gasteiger partial charge is 0.385 e. The molecule has 1 aromatic rings. The van der Waals surface area contributed by atoms with Gasteiger partial charge in [-0.1, -0.05) is 6.92 Å². The Balaban J connectivity index is 3.78. The maximum atomic E-state index is 11.5. The van der Waals surface area contributed by atoms with E-state index in [1.807, 2.05) is 6.92 Å². The number of hydrogen-bond donors (Lipinski definition) is 1. The molecule has 0 aliphatic rings. The maximum Gasteiger partial charge on any atom is 0.332 e. The van der Waals surface area contributed by atoms with Crippen LogP contribution in [0.25, 0.3) is 0 Å². The summed E-state index contributed by atoms with van der Waals surface area (Å²) in [6.07, 6.45) is 0.534. The van der Waals surface area contributed by atoms with Gasteiger partial charge in [0.2, 0.25) is 0 Å². The van der Waals surface area contributed by atoms with E-state index < -0.39 is 0 Å². The Morgan fingerprint density at radius 2 is 1.77 bits per heavy atom. The summed E-state index contributed by atoms with van der Waals surface area (Å²) in [6, 6.07) is 0. The van der Waals surface area contributed by atoms with Gasteiger partial charge in [0.25, 0.3) is 5.56 Å². The van der Waals surface area contributed by atoms with Crippen LogP contribution in [0.15, 0.2) is 9.59 Å². The maximum absolute atomic E-state index is 11.5. The molecule has 0 saturated heterocycles. The van der Waals surface area contributed by atoms with Crippen molar-refractivity contribution in [1.29, 1.82) is 0 Å². The zero-order chi connectivity index (χ0) is 10.2. The van der Waals surface area contributed by atoms with Crippen LogP contribution in [-0.2, 0) is 20.5 Å². The summed E-state index contributed by atoms with van der Waals surface area (Å²) in [5.74, 6) is 0.260. The third kappa shape index (κ3) is 1.26. The highest BCUT2D eigenvalue weighted by atomic mass is 16.2. The van der Waals surface area contributed by atoms with Crippen molar-refractivity contribution < 1.29 is 0 Å². The molecule has 5 nitrogen and oxygen atoms in total. The Bertz CT molecular complexity index is 442. The molecule has 0 unspecified atom stereocenters. The molecule has 1 heterocycles. The van der Waals surface area contributed by atoms with E-state index in [0.29, 0.717) is 12.0 Å². The number of hydrogen-bond acceptors (Lipinski definition) is 3. The molecule has 72 valence electrons. The molecule has 0 saturated carbocycles. The first kappa shape index (κ1) is 9.57. The van der Waals surface area contributed by atoms with Gasteiger partial charge in [-0.3, -0.25) is 13.9 Å². The molecule has 0 fully saturated rings. The van der Waals surface area contributed by atoms with Crippen LogP contribution in [0.2, 0.25) is 0 Å². The molecular weight excluding hydrogens is 170 g/mol. The van der Waals surface area contributed by atoms with Gasteiger partial charge in [-0.15, -0.1) is 0 Å². The molecular formula is C8H13N3O2. The number of aromatic nitrogens is 2. The summed E-state index contributed by atoms with van der Waals surface area (Å²) in [5, 5.41) is 0. The fraction of sp³-hybridized carbons (Fsp3) is 0.500. The van der Waals surface area contributed by atoms with E-state index in [-0.39, 0.29) is 17.1 Å². The monoisotopic (exact) mass is 183 g/mol. The first-order valence-electron chi connectivity index (χ1n) is 4.05. The topological polar surface area (TPSA) is 70.0 Å². The lowest BCUT2D eigenvalue weighted by Gasteiger charge is -2.09. The van der Waals surface area contributed by atoms with E-state index in [4.69, 9.17) is 5.73 Å². The minimum atomic E-state index is -0.389. The lowest BCUT2D eigenvalue weighted by atomic mass is 10.2. The first-order chi connectivity index (χ1) is 6.00. The molecule has 5 heteroatoms. The lowest BCUT2D eigenvalue weighted by Crippen LogP contribution is -2.40. The smallest absolute Gasteiger partial charge is 0.332 e. The Hall–Kier alpha value is -1.52. The van der Waals surface area contributed by atoms with Crippen LogP contribution in [0.3, 0.4) is 0 Å². The average molecular weight is 183 g/mol. The van der Waals surface area contributed by atoms with Gasteiger partial charge in [-0.2, -0.15) is 0 Å². The van der Waals surface area contributed by atoms with Crippen molar-refractivity contribution in [3.63, 3.8) is 0 Å². The zero-order valence-corrected chi connectivity index (χ0v) is 8.00. The predicted octanol–water partition coefficient (Wildman–Crippen LogP) is -0.771. The van der Waals surface area contributed by atoms with E-state index in [1.54, 1.807) is 7.05 Å². The van der Waals surface area contributed by atoms with Crippen LogP contribution in [0.5, 0.6) is 0 Å². The third-order valence-corrected chi connectivity index (χ3v) is 2.16. The summed E-state index contributed by atoms with van der Waals surface area (Å²) in [4.78, 5) is 22.8. The van der Waals surface area contributed by atoms with Crippen molar-refractivity contribution in [2.75, 3.05) is 5.73 Å². The van der Waals surface area contributed by atoms with Gasteiger partial charge in [0.1, 0.15) is 5.82 Å². The van der Waals surface area contributed by atoms with E-state index >= 15 is 0 Å². The second-order valence-electron chi connectivity index (χ2n) is 2.92. The Morgan fingerprint density at radius 3 is 2.23 bits per heavy atom. The van der Waals surface area contributed by atoms with Gasteiger partial charge in [0, 0.05) is 14.1 Å². The molecule has 0 atom stereocenters. The van der Waals surface area contributed by atoms with Crippen LogP contribution >= 0.6 is 0 Å². The van der Waals surface area contributed by atoms with Crippen LogP contribution in [0, 0.1) is 0 Å². The number of rotatable bonds is 1. The molecule has 0 spiro atoms. The molecule has 0 bridgehead atoms. The summed E-state index contributed by atoms with van der Waals surface area (Å²) >= 11 is 0. The highest BCUT2D eigenvalue weighted by Gasteiger charge is 2.10. The average Bonchev–Trinajstić information content (AvgIpc) is 2.13. The molecule has 13 heavy (non-hydrogen) atoms. The minimum absolute atomic E-state index is 0.260. The van der Waals surface area contributed by atoms with Crippen molar-refractivity contribution in [2.24, 2.45) is 14.1 Å². The van der Waals surface area contributed by atoms with Crippen LogP contribution in [0.1, 0.15) is 12.5 Å². The first-order valence-corrected chi connectivity index (χ1v) is 4.05. The molecule has 1 aromatic heterocycles. The van der Waals surface area contributed by atoms with E-state index in [2.05, 4.69) is 0 Å². The third-order valence-electron chi connectivity index (χ3n) is 2.16. The van der Waals surface area contributed by atoms with E-state index in [9.17, 15) is 9.59 Å². The molecule has 0 aliphatic heterocycles. The number of nitrogens with two attached hydrogens (primary N) is 1. The van der Waals surface area contributed by atoms with Gasteiger partial charge >= 0.3 is 5.69 Å². The van der Waals surface area contributed by atoms with E-state index in [1.165, 1.54) is 11.6 Å². The Labute approximate surface area is 75.4 Å². The zero-order valence-electron chi connectivity index (χ0n) is 8.00. The fourth-order valence-electron chi connectivity index (χ4n) is 1.26. The van der Waals surface area contributed by atoms with Gasteiger partial charge in [0.15, 0.2) is 0 Å². The lowest BCUT2D eigenvalue weighted by molar-refractivity contribution is 0.679. The van der Waals surface area contributed by atoms with Crippen molar-refractivity contribution in [3.8, 4) is 0 Å². The Kier molecular flexibility index (Phi) is 2.27. The van der Waals surface area contributed by atoms with Crippen molar-refractivity contribution in [2.45, 2.75) is 13.3 Å². The molecule has 0 aliphatic carbocycles. The standard InChI is InChI=1S/C8H13N3O2/c1-4-5-6(9)10(2)8(13)11(3)7(5)12/h4,9H2,1-3H3. The molecule has 2 N–H and O–H groups in total. The summed E-state index contributed by atoms with van der Waals surface area (Å²) in [7, 11) is 3.00. The van der Waals surface area contributed by atoms with E-state index in [0.717, 1.165) is 4.57 Å². The van der Waals surface area contributed by atoms with Crippen molar-refractivity contribution in [1.82, 2.24) is 9.13 Å². The van der Waals surface area contributed by atoms with Gasteiger partial charge in [-0.05, 0) is 6.42 Å². The van der Waals surface area contributed by atoms with Crippen LogP contribution in [-0.4, -0.2) is 9.13 Å². The van der Waals surface area contributed by atoms with Gasteiger partial charge in [-0.25, -0.2) is 4.79 Å². The highest BCUT2D eigenvalue weighted by Crippen LogP contribution is 2.01. The molecule has 0 amide bonds. The second-order valence-corrected chi connectivity index (χ2v) is 2.92. The predicted molar refractivity (Wildman–Crippen MR) is 50.7 cm³/mol. The summed E-state index contributed by atoms with van der Waals surface area (Å²) < 4.78 is 2.34. The summed E-state index contributed by atoms with van der Waals surface area (Å²) in [6.45, 7) is 1.83.